The van der Waals surface area contributed by atoms with Gasteiger partial charge in [-0.3, -0.25) is 29.2 Å². The molecule has 0 saturated carbocycles. The van der Waals surface area contributed by atoms with E-state index < -0.39 is 41.3 Å². The minimum Gasteiger partial charge on any atom is -0.343 e. The first-order valence-corrected chi connectivity index (χ1v) is 12.7. The topological polar surface area (TPSA) is 157 Å². The van der Waals surface area contributed by atoms with Crippen molar-refractivity contribution in [3.05, 3.63) is 35.9 Å². The lowest BCUT2D eigenvalue weighted by Gasteiger charge is -2.33. The van der Waals surface area contributed by atoms with Crippen molar-refractivity contribution in [2.24, 2.45) is 0 Å². The molecule has 2 rings (SSSR count). The summed E-state index contributed by atoms with van der Waals surface area (Å²) < 4.78 is 0. The molecule has 0 aromatic heterocycles. The normalized spacial score (nSPS) is 20.7. The predicted octanol–water partition coefficient (Wildman–Crippen LogP) is 0.802. The number of hydrogen-bond donors (Lipinski definition) is 5. The van der Waals surface area contributed by atoms with Crippen molar-refractivity contribution in [3.8, 4) is 0 Å². The Balaban J connectivity index is 2.23. The third-order valence-electron chi connectivity index (χ3n) is 6.20. The molecule has 11 heteroatoms. The molecule has 1 aliphatic rings. The molecule has 0 bridgehead atoms. The number of carbonyl (C=O) groups is 5. The second-order valence-corrected chi connectivity index (χ2v) is 9.84. The van der Waals surface area contributed by atoms with Gasteiger partial charge >= 0.3 is 0 Å². The zero-order chi connectivity index (χ0) is 27.4. The second-order valence-electron chi connectivity index (χ2n) is 9.84. The number of carbonyl (C=O) groups excluding carboxylic acids is 5. The highest BCUT2D eigenvalue weighted by molar-refractivity contribution is 5.98. The Hall–Kier alpha value is -3.47. The molecule has 1 aromatic rings. The van der Waals surface area contributed by atoms with E-state index in [9.17, 15) is 24.0 Å². The second kappa shape index (κ2) is 14.3. The summed E-state index contributed by atoms with van der Waals surface area (Å²) in [6, 6.07) is 7.46. The average Bonchev–Trinajstić information content (AvgIpc) is 2.86. The Morgan fingerprint density at radius 2 is 1.76 bits per heavy atom. The van der Waals surface area contributed by atoms with Crippen LogP contribution in [0, 0.1) is 0 Å². The van der Waals surface area contributed by atoms with Gasteiger partial charge in [-0.25, -0.2) is 5.48 Å². The summed E-state index contributed by atoms with van der Waals surface area (Å²) in [4.78, 5) is 65.4. The first-order chi connectivity index (χ1) is 17.6. The van der Waals surface area contributed by atoms with Crippen molar-refractivity contribution in [3.63, 3.8) is 0 Å². The van der Waals surface area contributed by atoms with Gasteiger partial charge in [0.25, 0.3) is 0 Å². The summed E-state index contributed by atoms with van der Waals surface area (Å²) in [6.45, 7) is 5.07. The summed E-state index contributed by atoms with van der Waals surface area (Å²) in [5, 5.41) is 16.8. The Morgan fingerprint density at radius 1 is 1.05 bits per heavy atom. The lowest BCUT2D eigenvalue weighted by atomic mass is 9.98. The highest BCUT2D eigenvalue weighted by Gasteiger charge is 2.37. The molecule has 0 radical (unpaired) electrons. The summed E-state index contributed by atoms with van der Waals surface area (Å²) in [5.74, 6) is -2.33. The third kappa shape index (κ3) is 9.49. The fourth-order valence-corrected chi connectivity index (χ4v) is 4.15. The van der Waals surface area contributed by atoms with Crippen LogP contribution in [0.4, 0.5) is 0 Å². The molecule has 2 atom stereocenters. The maximum absolute atomic E-state index is 13.5. The maximum Gasteiger partial charge on any atom is 0.245 e. The van der Waals surface area contributed by atoms with Crippen LogP contribution in [0.5, 0.6) is 0 Å². The monoisotopic (exact) mass is 517 g/mol. The third-order valence-corrected chi connectivity index (χ3v) is 6.20. The Kier molecular flexibility index (Phi) is 11.5. The number of hydroxylamine groups is 1. The molecule has 5 N–H and O–H groups in total. The highest BCUT2D eigenvalue weighted by Crippen LogP contribution is 2.13. The molecule has 1 saturated heterocycles. The van der Waals surface area contributed by atoms with Gasteiger partial charge < -0.3 is 20.9 Å². The summed E-state index contributed by atoms with van der Waals surface area (Å²) >= 11 is 0. The highest BCUT2D eigenvalue weighted by atomic mass is 16.5. The van der Waals surface area contributed by atoms with Gasteiger partial charge in [-0.2, -0.15) is 0 Å². The molecule has 1 aromatic carbocycles. The van der Waals surface area contributed by atoms with E-state index in [2.05, 4.69) is 16.0 Å². The average molecular weight is 518 g/mol. The van der Waals surface area contributed by atoms with Gasteiger partial charge in [-0.05, 0) is 38.7 Å². The van der Waals surface area contributed by atoms with Crippen LogP contribution in [0.25, 0.3) is 0 Å². The molecule has 11 nitrogen and oxygen atoms in total. The zero-order valence-electron chi connectivity index (χ0n) is 21.8. The molecule has 204 valence electrons. The van der Waals surface area contributed by atoms with Crippen molar-refractivity contribution in [2.45, 2.75) is 83.3 Å². The minimum absolute atomic E-state index is 0.144. The molecule has 0 spiro atoms. The summed E-state index contributed by atoms with van der Waals surface area (Å²) in [5.41, 5.74) is 1.08. The Labute approximate surface area is 217 Å². The Bertz CT molecular complexity index is 952. The van der Waals surface area contributed by atoms with E-state index >= 15 is 0 Å². The molecule has 0 unspecified atom stereocenters. The van der Waals surface area contributed by atoms with Gasteiger partial charge in [0.2, 0.25) is 29.5 Å². The van der Waals surface area contributed by atoms with Gasteiger partial charge in [-0.15, -0.1) is 0 Å². The van der Waals surface area contributed by atoms with Crippen molar-refractivity contribution in [1.29, 1.82) is 0 Å². The van der Waals surface area contributed by atoms with Crippen molar-refractivity contribution < 1.29 is 29.2 Å². The van der Waals surface area contributed by atoms with Gasteiger partial charge in [0.1, 0.15) is 17.6 Å². The maximum atomic E-state index is 13.5. The van der Waals surface area contributed by atoms with Crippen molar-refractivity contribution >= 4 is 29.5 Å². The van der Waals surface area contributed by atoms with Crippen LogP contribution >= 0.6 is 0 Å². The first-order valence-electron chi connectivity index (χ1n) is 12.7. The smallest absolute Gasteiger partial charge is 0.245 e. The number of rotatable bonds is 10. The fraction of sp³-hybridized carbons (Fsp3) is 0.577. The number of benzene rings is 1. The van der Waals surface area contributed by atoms with Gasteiger partial charge in [0.05, 0.1) is 6.54 Å². The van der Waals surface area contributed by atoms with E-state index in [1.54, 1.807) is 19.3 Å². The lowest BCUT2D eigenvalue weighted by Crippen LogP contribution is -2.63. The molecule has 0 aliphatic carbocycles. The molecule has 37 heavy (non-hydrogen) atoms. The molecular weight excluding hydrogens is 478 g/mol. The minimum atomic E-state index is -1.34. The van der Waals surface area contributed by atoms with Gasteiger partial charge in [0, 0.05) is 19.4 Å². The predicted molar refractivity (Wildman–Crippen MR) is 136 cm³/mol. The fourth-order valence-electron chi connectivity index (χ4n) is 4.15. The number of unbranched alkanes of at least 4 members (excludes halogenated alkanes) is 2. The molecule has 1 heterocycles. The first kappa shape index (κ1) is 29.8. The zero-order valence-corrected chi connectivity index (χ0v) is 21.8. The Morgan fingerprint density at radius 3 is 2.41 bits per heavy atom. The van der Waals surface area contributed by atoms with Crippen LogP contribution < -0.4 is 21.4 Å². The quantitative estimate of drug-likeness (QED) is 0.176. The van der Waals surface area contributed by atoms with E-state index in [1.807, 2.05) is 37.3 Å². The van der Waals surface area contributed by atoms with Crippen LogP contribution in [0.15, 0.2) is 30.3 Å². The molecule has 5 amide bonds. The molecule has 1 aliphatic heterocycles. The number of hydrogen-bond acceptors (Lipinski definition) is 6. The van der Waals surface area contributed by atoms with Gasteiger partial charge in [-0.1, -0.05) is 50.1 Å². The van der Waals surface area contributed by atoms with E-state index in [4.69, 9.17) is 5.21 Å². The lowest BCUT2D eigenvalue weighted by molar-refractivity contribution is -0.142. The van der Waals surface area contributed by atoms with Gasteiger partial charge in [0.15, 0.2) is 0 Å². The van der Waals surface area contributed by atoms with E-state index in [1.165, 1.54) is 4.90 Å². The summed E-state index contributed by atoms with van der Waals surface area (Å²) in [7, 11) is 0. The van der Waals surface area contributed by atoms with Crippen molar-refractivity contribution in [2.75, 3.05) is 13.1 Å². The van der Waals surface area contributed by atoms with Crippen LogP contribution in [0.1, 0.15) is 64.9 Å². The largest absolute Gasteiger partial charge is 0.343 e. The van der Waals surface area contributed by atoms with Crippen LogP contribution in [0.3, 0.4) is 0 Å². The SMILES string of the molecule is CCCN1CC(=O)N[C@@H](CCCCCC(=O)NO)C(=O)NC(C)(C)C(=O)N[C@@H](Cc2ccccc2)C1=O. The van der Waals surface area contributed by atoms with E-state index in [0.29, 0.717) is 32.2 Å². The van der Waals surface area contributed by atoms with Crippen LogP contribution in [0.2, 0.25) is 0 Å². The number of nitrogens with zero attached hydrogens (tertiary/aromatic N) is 1. The number of nitrogens with one attached hydrogen (secondary N) is 4. The van der Waals surface area contributed by atoms with Crippen LogP contribution in [-0.4, -0.2) is 70.4 Å². The van der Waals surface area contributed by atoms with E-state index in [0.717, 1.165) is 5.56 Å². The molecular formula is C26H39N5O6. The van der Waals surface area contributed by atoms with Crippen molar-refractivity contribution in [1.82, 2.24) is 26.3 Å². The summed E-state index contributed by atoms with van der Waals surface area (Å²) in [6.07, 6.45) is 2.92. The number of amides is 5. The standard InChI is InChI=1S/C26H39N5O6/c1-4-15-31-17-22(33)27-19(13-9-6-10-14-21(32)30-37)23(34)29-26(2,3)25(36)28-20(24(31)35)16-18-11-7-5-8-12-18/h5,7-8,11-12,19-20,37H,4,6,9-10,13-17H2,1-3H3,(H,27,33)(H,28,36)(H,29,34)(H,30,32)/t19-,20-/m0/s1. The van der Waals surface area contributed by atoms with Crippen LogP contribution in [-0.2, 0) is 30.4 Å². The van der Waals surface area contributed by atoms with E-state index in [-0.39, 0.29) is 31.7 Å². The molecule has 1 fully saturated rings.